The van der Waals surface area contributed by atoms with Crippen molar-refractivity contribution in [3.05, 3.63) is 71.8 Å². The Kier molecular flexibility index (Phi) is 18.1. The van der Waals surface area contributed by atoms with Gasteiger partial charge in [0.25, 0.3) is 0 Å². The second-order valence-corrected chi connectivity index (χ2v) is 16.2. The molecule has 4 saturated heterocycles. The Hall–Kier alpha value is -4.36. The lowest BCUT2D eigenvalue weighted by atomic mass is 9.93. The molecule has 6 rings (SSSR count). The number of carbonyl (C=O) groups is 4. The highest BCUT2D eigenvalue weighted by Crippen LogP contribution is 2.36. The fraction of sp³-hybridized carbons (Fsp3) is 0.619. The van der Waals surface area contributed by atoms with Crippen LogP contribution in [0.3, 0.4) is 0 Å². The summed E-state index contributed by atoms with van der Waals surface area (Å²) in [5.74, 6) is -5.01. The molecule has 2 aromatic carbocycles. The normalized spacial score (nSPS) is 39.0. The minimum absolute atomic E-state index is 0.217. The van der Waals surface area contributed by atoms with Gasteiger partial charge in [-0.05, 0) is 11.1 Å². The second kappa shape index (κ2) is 23.3. The molecular weight excluding hydrogens is 900 g/mol. The van der Waals surface area contributed by atoms with Crippen LogP contribution < -0.4 is 10.6 Å². The highest BCUT2D eigenvalue weighted by molar-refractivity contribution is 5.74. The van der Waals surface area contributed by atoms with E-state index in [0.717, 1.165) is 13.8 Å². The van der Waals surface area contributed by atoms with E-state index in [1.54, 1.807) is 60.7 Å². The van der Waals surface area contributed by atoms with Gasteiger partial charge in [-0.15, -0.1) is 0 Å². The van der Waals surface area contributed by atoms with E-state index in [4.69, 9.17) is 42.6 Å². The molecule has 20 atom stereocenters. The molecule has 0 spiro atoms. The molecule has 372 valence electrons. The van der Waals surface area contributed by atoms with Crippen molar-refractivity contribution in [2.24, 2.45) is 0 Å². The molecule has 0 unspecified atom stereocenters. The minimum atomic E-state index is -2.21. The number of aliphatic carboxylic acids is 2. The van der Waals surface area contributed by atoms with Crippen molar-refractivity contribution in [1.82, 2.24) is 10.6 Å². The van der Waals surface area contributed by atoms with Crippen molar-refractivity contribution in [3.63, 3.8) is 0 Å². The molecule has 2 aromatic rings. The van der Waals surface area contributed by atoms with Crippen LogP contribution in [-0.4, -0.2) is 211 Å². The number of carbonyl (C=O) groups excluding carboxylic acids is 2. The smallest absolute Gasteiger partial charge is 0.335 e. The molecule has 25 heteroatoms. The van der Waals surface area contributed by atoms with E-state index < -0.39 is 160 Å². The number of hydrogen-bond donors (Lipinski definition) is 12. The average Bonchev–Trinajstić information content (AvgIpc) is 3.29. The first-order valence-corrected chi connectivity index (χ1v) is 21.1. The summed E-state index contributed by atoms with van der Waals surface area (Å²) >= 11 is 0. The van der Waals surface area contributed by atoms with Crippen LogP contribution >= 0.6 is 0 Å². The van der Waals surface area contributed by atoms with E-state index in [1.165, 1.54) is 0 Å². The standard InChI is InChI=1S/C42H56N2O23/c1-17(47)43-23-30(25(49)21(13-45)61-39(23)58)63-42-29(53)33(60-16-20-11-7-4-8-12-20)35(36(67-42)38(56)57)66-40-24(44-18(2)48)31(26(50)22(14-46)62-40)64-41-28(52)32(27(51)34(65-41)37(54)55)59-15-19-9-5-3-6-10-19/h3-12,21-36,39-42,45-46,49-53,58H,13-16H2,1-2H3,(H,43,47)(H,44,48)(H,54,55)(H,56,57)/t21-,22-,23-,24-,25+,26+,27+,28-,29-,30-,31-,32+,33-,34-,35+,36+,39-,40+,41-,42-/m1/s1. The Morgan fingerprint density at radius 3 is 1.43 bits per heavy atom. The highest BCUT2D eigenvalue weighted by atomic mass is 16.8. The van der Waals surface area contributed by atoms with Gasteiger partial charge in [0.1, 0.15) is 85.3 Å². The Balaban J connectivity index is 1.33. The zero-order valence-electron chi connectivity index (χ0n) is 35.9. The number of nitrogens with one attached hydrogen (secondary N) is 2. The highest BCUT2D eigenvalue weighted by Gasteiger charge is 2.58. The van der Waals surface area contributed by atoms with Crippen LogP contribution in [0.5, 0.6) is 0 Å². The van der Waals surface area contributed by atoms with Gasteiger partial charge < -0.3 is 104 Å². The summed E-state index contributed by atoms with van der Waals surface area (Å²) in [5, 5.41) is 113. The maximum absolute atomic E-state index is 13.1. The summed E-state index contributed by atoms with van der Waals surface area (Å²) in [6.45, 7) is -0.267. The number of benzene rings is 2. The molecule has 4 fully saturated rings. The topological polar surface area (TPSA) is 378 Å². The molecule has 0 saturated carbocycles. The number of carboxylic acids is 2. The van der Waals surface area contributed by atoms with Crippen LogP contribution in [0, 0.1) is 0 Å². The third-order valence-corrected chi connectivity index (χ3v) is 11.5. The third kappa shape index (κ3) is 12.3. The Bertz CT molecular complexity index is 1940. The molecule has 0 aliphatic carbocycles. The largest absolute Gasteiger partial charge is 0.479 e. The average molecular weight is 957 g/mol. The molecule has 4 aliphatic rings. The van der Waals surface area contributed by atoms with E-state index in [-0.39, 0.29) is 13.2 Å². The van der Waals surface area contributed by atoms with Crippen LogP contribution in [0.25, 0.3) is 0 Å². The Labute approximate surface area is 381 Å². The summed E-state index contributed by atoms with van der Waals surface area (Å²) in [4.78, 5) is 50.4. The second-order valence-electron chi connectivity index (χ2n) is 16.2. The first kappa shape index (κ1) is 52.0. The van der Waals surface area contributed by atoms with Gasteiger partial charge in [-0.1, -0.05) is 60.7 Å². The first-order valence-electron chi connectivity index (χ1n) is 21.1. The van der Waals surface area contributed by atoms with Crippen molar-refractivity contribution in [2.75, 3.05) is 13.2 Å². The quantitative estimate of drug-likeness (QED) is 0.0667. The number of aliphatic hydroxyl groups excluding tert-OH is 8. The lowest BCUT2D eigenvalue weighted by Crippen LogP contribution is -2.71. The predicted octanol–water partition coefficient (Wildman–Crippen LogP) is -4.83. The number of rotatable bonds is 18. The lowest BCUT2D eigenvalue weighted by Gasteiger charge is -2.50. The van der Waals surface area contributed by atoms with Gasteiger partial charge in [0, 0.05) is 13.8 Å². The Morgan fingerprint density at radius 1 is 0.507 bits per heavy atom. The summed E-state index contributed by atoms with van der Waals surface area (Å²) < 4.78 is 52.4. The molecule has 2 amide bonds. The van der Waals surface area contributed by atoms with E-state index in [2.05, 4.69) is 10.6 Å². The van der Waals surface area contributed by atoms with Gasteiger partial charge in [-0.2, -0.15) is 0 Å². The lowest BCUT2D eigenvalue weighted by molar-refractivity contribution is -0.372. The molecule has 67 heavy (non-hydrogen) atoms. The van der Waals surface area contributed by atoms with Crippen molar-refractivity contribution >= 4 is 23.8 Å². The monoisotopic (exact) mass is 956 g/mol. The fourth-order valence-electron chi connectivity index (χ4n) is 8.19. The number of amides is 2. The summed E-state index contributed by atoms with van der Waals surface area (Å²) in [6.07, 6.45) is -34.3. The van der Waals surface area contributed by atoms with Gasteiger partial charge >= 0.3 is 11.9 Å². The van der Waals surface area contributed by atoms with Crippen LogP contribution in [0.4, 0.5) is 0 Å². The molecular formula is C42H56N2O23. The summed E-state index contributed by atoms with van der Waals surface area (Å²) in [6, 6.07) is 13.4. The maximum Gasteiger partial charge on any atom is 0.335 e. The van der Waals surface area contributed by atoms with Crippen molar-refractivity contribution in [2.45, 2.75) is 150 Å². The Morgan fingerprint density at radius 2 is 0.940 bits per heavy atom. The van der Waals surface area contributed by atoms with Gasteiger partial charge in [-0.25, -0.2) is 9.59 Å². The van der Waals surface area contributed by atoms with Gasteiger partial charge in [-0.3, -0.25) is 9.59 Å². The number of hydrogen-bond acceptors (Lipinski definition) is 21. The van der Waals surface area contributed by atoms with Crippen molar-refractivity contribution < 1.29 is 113 Å². The minimum Gasteiger partial charge on any atom is -0.479 e. The molecule has 0 radical (unpaired) electrons. The van der Waals surface area contributed by atoms with Crippen molar-refractivity contribution in [1.29, 1.82) is 0 Å². The van der Waals surface area contributed by atoms with E-state index >= 15 is 0 Å². The third-order valence-electron chi connectivity index (χ3n) is 11.5. The molecule has 0 bridgehead atoms. The summed E-state index contributed by atoms with van der Waals surface area (Å²) in [7, 11) is 0. The molecule has 25 nitrogen and oxygen atoms in total. The van der Waals surface area contributed by atoms with Gasteiger partial charge in [0.2, 0.25) is 11.8 Å². The van der Waals surface area contributed by atoms with E-state index in [0.29, 0.717) is 11.1 Å². The zero-order chi connectivity index (χ0) is 48.7. The zero-order valence-corrected chi connectivity index (χ0v) is 35.9. The fourth-order valence-corrected chi connectivity index (χ4v) is 8.19. The van der Waals surface area contributed by atoms with Gasteiger partial charge in [0.15, 0.2) is 37.4 Å². The van der Waals surface area contributed by atoms with Crippen LogP contribution in [-0.2, 0) is 75.0 Å². The number of carboxylic acid groups (broad SMARTS) is 2. The molecule has 4 heterocycles. The van der Waals surface area contributed by atoms with E-state index in [9.17, 15) is 70.2 Å². The van der Waals surface area contributed by atoms with Gasteiger partial charge in [0.05, 0.1) is 26.4 Å². The van der Waals surface area contributed by atoms with Crippen LogP contribution in [0.1, 0.15) is 25.0 Å². The maximum atomic E-state index is 13.1. The van der Waals surface area contributed by atoms with Crippen LogP contribution in [0.2, 0.25) is 0 Å². The predicted molar refractivity (Wildman–Crippen MR) is 216 cm³/mol. The number of aliphatic hydroxyl groups is 8. The van der Waals surface area contributed by atoms with Crippen LogP contribution in [0.15, 0.2) is 60.7 Å². The SMILES string of the molecule is CC(=O)N[C@@H]1[C@@H](O[C@@H]2O[C@H](C(=O)O)[C@@H](O[C@@H]3O[C@H](CO)[C@H](O)[C@H](O[C@@H]4O[C@@H](C(=O)O)[C@@H](O)[C@H](OCc5ccccc5)[C@H]4O)[C@H]3NC(C)=O)[C@H](OCc3ccccc3)[C@H]2O)[C@@H](O)[C@@H](CO)O[C@H]1O. The molecule has 0 aromatic heterocycles. The first-order chi connectivity index (χ1) is 31.9. The van der Waals surface area contributed by atoms with Crippen molar-refractivity contribution in [3.8, 4) is 0 Å². The molecule has 12 N–H and O–H groups in total. The summed E-state index contributed by atoms with van der Waals surface area (Å²) in [5.41, 5.74) is 1.09. The molecule has 4 aliphatic heterocycles. The van der Waals surface area contributed by atoms with E-state index in [1.807, 2.05) is 0 Å². The number of ether oxygens (including phenoxy) is 9.